The molecule has 0 bridgehead atoms. The number of methoxy groups -OCH3 is 1. The Balaban J connectivity index is 1.90. The van der Waals surface area contributed by atoms with Crippen molar-refractivity contribution in [3.63, 3.8) is 0 Å². The van der Waals surface area contributed by atoms with Crippen molar-refractivity contribution in [1.29, 1.82) is 0 Å². The van der Waals surface area contributed by atoms with Gasteiger partial charge in [-0.1, -0.05) is 18.7 Å². The number of carbonyl (C=O) groups is 1. The molecule has 1 aliphatic heterocycles. The predicted molar refractivity (Wildman–Crippen MR) is 109 cm³/mol. The molecule has 2 aromatic heterocycles. The maximum absolute atomic E-state index is 12.1. The molecule has 7 heteroatoms. The quantitative estimate of drug-likeness (QED) is 0.707. The zero-order valence-corrected chi connectivity index (χ0v) is 16.1. The Kier molecular flexibility index (Phi) is 4.50. The van der Waals surface area contributed by atoms with Gasteiger partial charge in [0, 0.05) is 37.3 Å². The minimum absolute atomic E-state index is 0.0356. The minimum atomic E-state index is -0.0356. The highest BCUT2D eigenvalue weighted by atomic mass is 16.5. The van der Waals surface area contributed by atoms with Gasteiger partial charge < -0.3 is 19.9 Å². The van der Waals surface area contributed by atoms with E-state index in [9.17, 15) is 4.79 Å². The van der Waals surface area contributed by atoms with Gasteiger partial charge in [-0.15, -0.1) is 0 Å². The van der Waals surface area contributed by atoms with Gasteiger partial charge in [0.1, 0.15) is 23.5 Å². The van der Waals surface area contributed by atoms with E-state index in [1.807, 2.05) is 36.2 Å². The number of ether oxygens (including phenoxy) is 1. The first-order valence-corrected chi connectivity index (χ1v) is 9.19. The first kappa shape index (κ1) is 18.0. The third-order valence-electron chi connectivity index (χ3n) is 5.48. The second kappa shape index (κ2) is 6.99. The maximum atomic E-state index is 12.1. The Labute approximate surface area is 163 Å². The minimum Gasteiger partial charge on any atom is -0.497 e. The molecule has 0 radical (unpaired) electrons. The van der Waals surface area contributed by atoms with Gasteiger partial charge in [-0.25, -0.2) is 9.97 Å². The molecule has 1 aliphatic rings. The molecule has 1 fully saturated rings. The van der Waals surface area contributed by atoms with Crippen LogP contribution in [0.1, 0.15) is 18.0 Å². The molecule has 2 N–H and O–H groups in total. The van der Waals surface area contributed by atoms with Crippen LogP contribution in [-0.2, 0) is 11.8 Å². The van der Waals surface area contributed by atoms with E-state index >= 15 is 0 Å². The molecule has 3 aromatic rings. The Hall–Kier alpha value is -3.35. The first-order valence-electron chi connectivity index (χ1n) is 9.19. The Morgan fingerprint density at radius 2 is 2.07 bits per heavy atom. The number of likely N-dealkylation sites (tertiary alicyclic amines) is 1. The lowest BCUT2D eigenvalue weighted by atomic mass is 9.94. The summed E-state index contributed by atoms with van der Waals surface area (Å²) < 4.78 is 7.38. The lowest BCUT2D eigenvalue weighted by molar-refractivity contribution is -0.125. The average molecular weight is 377 g/mol. The van der Waals surface area contributed by atoms with Gasteiger partial charge in [-0.2, -0.15) is 0 Å². The molecule has 28 heavy (non-hydrogen) atoms. The summed E-state index contributed by atoms with van der Waals surface area (Å²) in [6.07, 6.45) is 3.74. The van der Waals surface area contributed by atoms with Crippen LogP contribution in [0.25, 0.3) is 22.2 Å². The molecule has 0 aliphatic carbocycles. The van der Waals surface area contributed by atoms with Crippen LogP contribution in [0.4, 0.5) is 5.82 Å². The second-order valence-corrected chi connectivity index (χ2v) is 6.98. The summed E-state index contributed by atoms with van der Waals surface area (Å²) in [6.45, 7) is 4.96. The molecule has 1 amide bonds. The summed E-state index contributed by atoms with van der Waals surface area (Å²) in [4.78, 5) is 22.6. The third-order valence-corrected chi connectivity index (χ3v) is 5.48. The number of nitrogens with two attached hydrogens (primary N) is 1. The van der Waals surface area contributed by atoms with Crippen molar-refractivity contribution < 1.29 is 9.53 Å². The third kappa shape index (κ3) is 2.79. The van der Waals surface area contributed by atoms with Crippen molar-refractivity contribution in [2.24, 2.45) is 7.05 Å². The fraction of sp³-hybridized carbons (Fsp3) is 0.286. The zero-order chi connectivity index (χ0) is 19.8. The summed E-state index contributed by atoms with van der Waals surface area (Å²) in [5.74, 6) is 1.39. The monoisotopic (exact) mass is 377 g/mol. The van der Waals surface area contributed by atoms with Crippen LogP contribution < -0.4 is 10.5 Å². The van der Waals surface area contributed by atoms with Crippen molar-refractivity contribution in [1.82, 2.24) is 19.4 Å². The fourth-order valence-corrected chi connectivity index (χ4v) is 4.13. The van der Waals surface area contributed by atoms with Crippen molar-refractivity contribution in [2.75, 3.05) is 25.9 Å². The number of hydrogen-bond acceptors (Lipinski definition) is 5. The van der Waals surface area contributed by atoms with E-state index in [1.165, 1.54) is 12.4 Å². The summed E-state index contributed by atoms with van der Waals surface area (Å²) in [5, 5.41) is 0.846. The van der Waals surface area contributed by atoms with Crippen molar-refractivity contribution in [3.8, 4) is 16.9 Å². The molecule has 0 saturated carbocycles. The van der Waals surface area contributed by atoms with Gasteiger partial charge in [0.25, 0.3) is 0 Å². The molecule has 1 saturated heterocycles. The molecule has 1 aromatic carbocycles. The number of carbonyl (C=O) groups excluding carboxylic acids is 1. The van der Waals surface area contributed by atoms with Crippen LogP contribution in [0.5, 0.6) is 5.75 Å². The van der Waals surface area contributed by atoms with Crippen molar-refractivity contribution in [3.05, 3.63) is 48.9 Å². The van der Waals surface area contributed by atoms with Crippen LogP contribution in [0.3, 0.4) is 0 Å². The highest BCUT2D eigenvalue weighted by Crippen LogP contribution is 2.42. The zero-order valence-electron chi connectivity index (χ0n) is 16.1. The van der Waals surface area contributed by atoms with Gasteiger partial charge in [-0.05, 0) is 30.2 Å². The summed E-state index contributed by atoms with van der Waals surface area (Å²) in [6, 6.07) is 7.90. The van der Waals surface area contributed by atoms with Gasteiger partial charge in [0.05, 0.1) is 12.5 Å². The Morgan fingerprint density at radius 1 is 1.32 bits per heavy atom. The molecule has 4 rings (SSSR count). The topological polar surface area (TPSA) is 86.3 Å². The summed E-state index contributed by atoms with van der Waals surface area (Å²) >= 11 is 0. The maximum Gasteiger partial charge on any atom is 0.245 e. The Bertz CT molecular complexity index is 1050. The highest BCUT2D eigenvalue weighted by Gasteiger charge is 2.32. The van der Waals surface area contributed by atoms with Gasteiger partial charge >= 0.3 is 0 Å². The van der Waals surface area contributed by atoms with E-state index < -0.39 is 0 Å². The lowest BCUT2D eigenvalue weighted by Crippen LogP contribution is -2.26. The predicted octanol–water partition coefficient (Wildman–Crippen LogP) is 2.73. The molecule has 1 atom stereocenters. The first-order chi connectivity index (χ1) is 13.5. The number of hydrogen-bond donors (Lipinski definition) is 1. The lowest BCUT2D eigenvalue weighted by Gasteiger charge is -2.17. The number of nitrogens with zero attached hydrogens (tertiary/aromatic N) is 4. The standard InChI is InChI=1S/C21H23N5O2/c1-4-16(27)26-10-9-14(11-26)19-17(13-5-7-15(28-3)8-6-13)18-20(22)23-12-24-21(18)25(19)2/h4-8,12,14H,1,9-11H2,2-3H3,(H2,22,23,24). The van der Waals surface area contributed by atoms with Crippen LogP contribution in [0.15, 0.2) is 43.2 Å². The van der Waals surface area contributed by atoms with E-state index in [-0.39, 0.29) is 11.8 Å². The number of benzene rings is 1. The second-order valence-electron chi connectivity index (χ2n) is 6.98. The van der Waals surface area contributed by atoms with Gasteiger partial charge in [-0.3, -0.25) is 4.79 Å². The molecular formula is C21H23N5O2. The van der Waals surface area contributed by atoms with E-state index in [2.05, 4.69) is 21.1 Å². The number of rotatable bonds is 4. The van der Waals surface area contributed by atoms with Crippen molar-refractivity contribution in [2.45, 2.75) is 12.3 Å². The van der Waals surface area contributed by atoms with Crippen LogP contribution in [0, 0.1) is 0 Å². The Morgan fingerprint density at radius 3 is 2.75 bits per heavy atom. The average Bonchev–Trinajstić information content (AvgIpc) is 3.31. The summed E-state index contributed by atoms with van der Waals surface area (Å²) in [5.41, 5.74) is 10.2. The molecule has 7 nitrogen and oxygen atoms in total. The number of nitrogen functional groups attached to an aromatic ring is 1. The van der Waals surface area contributed by atoms with Crippen molar-refractivity contribution >= 4 is 22.8 Å². The SMILES string of the molecule is C=CC(=O)N1CCC(c2c(-c3ccc(OC)cc3)c3c(N)ncnc3n2C)C1. The fourth-order valence-electron chi connectivity index (χ4n) is 4.13. The molecule has 144 valence electrons. The van der Waals surface area contributed by atoms with E-state index in [4.69, 9.17) is 10.5 Å². The number of amides is 1. The number of anilines is 1. The summed E-state index contributed by atoms with van der Waals surface area (Å²) in [7, 11) is 3.64. The molecule has 1 unspecified atom stereocenters. The number of aryl methyl sites for hydroxylation is 1. The van der Waals surface area contributed by atoms with E-state index in [0.29, 0.717) is 18.9 Å². The molecular weight excluding hydrogens is 354 g/mol. The highest BCUT2D eigenvalue weighted by molar-refractivity contribution is 6.02. The van der Waals surface area contributed by atoms with Crippen LogP contribution >= 0.6 is 0 Å². The smallest absolute Gasteiger partial charge is 0.245 e. The normalized spacial score (nSPS) is 16.5. The largest absolute Gasteiger partial charge is 0.497 e. The van der Waals surface area contributed by atoms with Crippen LogP contribution in [-0.4, -0.2) is 45.5 Å². The van der Waals surface area contributed by atoms with Gasteiger partial charge in [0.15, 0.2) is 0 Å². The van der Waals surface area contributed by atoms with E-state index in [0.717, 1.165) is 40.0 Å². The number of aromatic nitrogens is 3. The van der Waals surface area contributed by atoms with E-state index in [1.54, 1.807) is 7.11 Å². The van der Waals surface area contributed by atoms with Gasteiger partial charge in [0.2, 0.25) is 5.91 Å². The number of fused-ring (bicyclic) bond motifs is 1. The molecule has 3 heterocycles. The van der Waals surface area contributed by atoms with Crippen LogP contribution in [0.2, 0.25) is 0 Å². The molecule has 0 spiro atoms.